The van der Waals surface area contributed by atoms with Crippen LogP contribution < -0.4 is 10.6 Å². The second-order valence-corrected chi connectivity index (χ2v) is 6.13. The van der Waals surface area contributed by atoms with E-state index in [1.54, 1.807) is 13.0 Å². The molecule has 0 aliphatic carbocycles. The lowest BCUT2D eigenvalue weighted by Gasteiger charge is -2.14. The summed E-state index contributed by atoms with van der Waals surface area (Å²) in [5.74, 6) is 0.981. The highest BCUT2D eigenvalue weighted by atomic mass is 16.1. The normalized spacial score (nSPS) is 11.6. The van der Waals surface area contributed by atoms with Crippen LogP contribution >= 0.6 is 0 Å². The van der Waals surface area contributed by atoms with E-state index in [1.807, 2.05) is 67.6 Å². The van der Waals surface area contributed by atoms with Crippen molar-refractivity contribution < 1.29 is 4.79 Å². The summed E-state index contributed by atoms with van der Waals surface area (Å²) in [6, 6.07) is 21.5. The first-order valence-corrected chi connectivity index (χ1v) is 8.61. The quantitative estimate of drug-likeness (QED) is 0.711. The van der Waals surface area contributed by atoms with E-state index in [2.05, 4.69) is 20.6 Å². The average Bonchev–Trinajstić information content (AvgIpc) is 2.67. The summed E-state index contributed by atoms with van der Waals surface area (Å²) >= 11 is 0. The van der Waals surface area contributed by atoms with Gasteiger partial charge in [0, 0.05) is 12.6 Å². The maximum atomic E-state index is 12.6. The molecule has 5 heteroatoms. The van der Waals surface area contributed by atoms with Gasteiger partial charge in [-0.05, 0) is 25.0 Å². The van der Waals surface area contributed by atoms with Gasteiger partial charge in [-0.2, -0.15) is 0 Å². The fourth-order valence-corrected chi connectivity index (χ4v) is 2.66. The van der Waals surface area contributed by atoms with Gasteiger partial charge in [0.1, 0.15) is 17.3 Å². The Kier molecular flexibility index (Phi) is 5.59. The average molecular weight is 346 g/mol. The van der Waals surface area contributed by atoms with Gasteiger partial charge in [0.15, 0.2) is 0 Å². The molecule has 0 fully saturated rings. The van der Waals surface area contributed by atoms with Gasteiger partial charge in [-0.3, -0.25) is 4.79 Å². The molecule has 1 heterocycles. The van der Waals surface area contributed by atoms with E-state index < -0.39 is 0 Å². The third-order valence-corrected chi connectivity index (χ3v) is 4.03. The van der Waals surface area contributed by atoms with Crippen molar-refractivity contribution in [2.45, 2.75) is 26.4 Å². The number of hydrogen-bond donors (Lipinski definition) is 2. The number of carbonyl (C=O) groups excluding carboxylic acids is 1. The first kappa shape index (κ1) is 17.6. The number of carbonyl (C=O) groups is 1. The Labute approximate surface area is 153 Å². The van der Waals surface area contributed by atoms with E-state index in [0.717, 1.165) is 11.1 Å². The Morgan fingerprint density at radius 1 is 1.00 bits per heavy atom. The van der Waals surface area contributed by atoms with Crippen molar-refractivity contribution in [2.75, 3.05) is 5.32 Å². The zero-order valence-corrected chi connectivity index (χ0v) is 14.9. The molecular weight excluding hydrogens is 324 g/mol. The molecule has 3 aromatic rings. The molecule has 0 aliphatic rings. The van der Waals surface area contributed by atoms with Gasteiger partial charge < -0.3 is 10.6 Å². The molecule has 3 rings (SSSR count). The van der Waals surface area contributed by atoms with Crippen LogP contribution in [0.3, 0.4) is 0 Å². The minimum atomic E-state index is -0.213. The number of aromatic nitrogens is 2. The van der Waals surface area contributed by atoms with Crippen LogP contribution in [-0.2, 0) is 6.54 Å². The predicted molar refractivity (Wildman–Crippen MR) is 103 cm³/mol. The van der Waals surface area contributed by atoms with Gasteiger partial charge in [0.2, 0.25) is 0 Å². The Morgan fingerprint density at radius 2 is 1.65 bits per heavy atom. The molecule has 26 heavy (non-hydrogen) atoms. The monoisotopic (exact) mass is 346 g/mol. The van der Waals surface area contributed by atoms with Crippen molar-refractivity contribution in [3.8, 4) is 0 Å². The van der Waals surface area contributed by atoms with E-state index in [-0.39, 0.29) is 11.9 Å². The number of nitrogens with zero attached hydrogens (tertiary/aromatic N) is 2. The van der Waals surface area contributed by atoms with Crippen LogP contribution in [0.25, 0.3) is 0 Å². The number of amides is 1. The van der Waals surface area contributed by atoms with Crippen LogP contribution in [0.5, 0.6) is 0 Å². The summed E-state index contributed by atoms with van der Waals surface area (Å²) < 4.78 is 0. The molecule has 5 nitrogen and oxygen atoms in total. The number of rotatable bonds is 6. The molecule has 0 spiro atoms. The second kappa shape index (κ2) is 8.25. The number of nitrogens with one attached hydrogen (secondary N) is 2. The number of hydrogen-bond acceptors (Lipinski definition) is 4. The van der Waals surface area contributed by atoms with Gasteiger partial charge in [0.25, 0.3) is 5.91 Å². The first-order chi connectivity index (χ1) is 12.6. The molecule has 1 unspecified atom stereocenters. The molecule has 2 aromatic carbocycles. The van der Waals surface area contributed by atoms with Gasteiger partial charge >= 0.3 is 0 Å². The highest BCUT2D eigenvalue weighted by Gasteiger charge is 2.14. The van der Waals surface area contributed by atoms with Gasteiger partial charge in [-0.25, -0.2) is 9.97 Å². The maximum Gasteiger partial charge on any atom is 0.270 e. The van der Waals surface area contributed by atoms with Crippen LogP contribution in [0.15, 0.2) is 66.7 Å². The molecule has 2 N–H and O–H groups in total. The molecule has 0 saturated heterocycles. The summed E-state index contributed by atoms with van der Waals surface area (Å²) in [4.78, 5) is 21.2. The molecule has 0 bridgehead atoms. The van der Waals surface area contributed by atoms with Gasteiger partial charge in [-0.1, -0.05) is 60.7 Å². The number of benzene rings is 2. The Morgan fingerprint density at radius 3 is 2.35 bits per heavy atom. The molecule has 1 aromatic heterocycles. The zero-order chi connectivity index (χ0) is 18.4. The van der Waals surface area contributed by atoms with Crippen LogP contribution in [0.4, 0.5) is 5.82 Å². The molecule has 0 radical (unpaired) electrons. The lowest BCUT2D eigenvalue weighted by molar-refractivity contribution is 0.0934. The molecule has 1 amide bonds. The van der Waals surface area contributed by atoms with Crippen molar-refractivity contribution in [3.63, 3.8) is 0 Å². The van der Waals surface area contributed by atoms with E-state index >= 15 is 0 Å². The second-order valence-electron chi connectivity index (χ2n) is 6.13. The van der Waals surface area contributed by atoms with Crippen molar-refractivity contribution >= 4 is 11.7 Å². The Bertz CT molecular complexity index is 866. The lowest BCUT2D eigenvalue weighted by Crippen LogP contribution is -2.27. The minimum absolute atomic E-state index is 0.0975. The Balaban J connectivity index is 1.69. The Hall–Kier alpha value is -3.21. The highest BCUT2D eigenvalue weighted by Crippen LogP contribution is 2.14. The third kappa shape index (κ3) is 4.66. The molecule has 1 atom stereocenters. The molecule has 132 valence electrons. The minimum Gasteiger partial charge on any atom is -0.366 e. The molecular formula is C21H22N4O. The number of anilines is 1. The maximum absolute atomic E-state index is 12.6. The van der Waals surface area contributed by atoms with E-state index in [0.29, 0.717) is 23.9 Å². The van der Waals surface area contributed by atoms with E-state index in [9.17, 15) is 4.79 Å². The van der Waals surface area contributed by atoms with Crippen LogP contribution in [0, 0.1) is 6.92 Å². The van der Waals surface area contributed by atoms with E-state index in [1.165, 1.54) is 0 Å². The largest absolute Gasteiger partial charge is 0.366 e. The smallest absolute Gasteiger partial charge is 0.270 e. The van der Waals surface area contributed by atoms with Gasteiger partial charge in [0.05, 0.1) is 6.04 Å². The summed E-state index contributed by atoms with van der Waals surface area (Å²) in [7, 11) is 0. The lowest BCUT2D eigenvalue weighted by atomic mass is 10.1. The zero-order valence-electron chi connectivity index (χ0n) is 14.9. The summed E-state index contributed by atoms with van der Waals surface area (Å²) in [5.41, 5.74) is 2.55. The first-order valence-electron chi connectivity index (χ1n) is 8.61. The van der Waals surface area contributed by atoms with Crippen molar-refractivity contribution in [1.29, 1.82) is 0 Å². The van der Waals surface area contributed by atoms with Crippen LogP contribution in [0.1, 0.15) is 40.4 Å². The molecule has 0 aliphatic heterocycles. The predicted octanol–water partition coefficient (Wildman–Crippen LogP) is 3.89. The van der Waals surface area contributed by atoms with Crippen molar-refractivity contribution in [1.82, 2.24) is 15.3 Å². The topological polar surface area (TPSA) is 66.9 Å². The summed E-state index contributed by atoms with van der Waals surface area (Å²) in [5, 5.41) is 6.23. The van der Waals surface area contributed by atoms with Crippen LogP contribution in [-0.4, -0.2) is 15.9 Å². The standard InChI is InChI=1S/C21H22N4O/c1-15(18-11-7-4-8-12-18)23-21(26)19-13-20(25-16(2)24-19)22-14-17-9-5-3-6-10-17/h3-13,15H,14H2,1-2H3,(H,23,26)(H,22,24,25). The highest BCUT2D eigenvalue weighted by molar-refractivity contribution is 5.93. The summed E-state index contributed by atoms with van der Waals surface area (Å²) in [6.45, 7) is 4.37. The van der Waals surface area contributed by atoms with Crippen molar-refractivity contribution in [2.24, 2.45) is 0 Å². The fraction of sp³-hybridized carbons (Fsp3) is 0.190. The molecule has 0 saturated carbocycles. The SMILES string of the molecule is Cc1nc(NCc2ccccc2)cc(C(=O)NC(C)c2ccccc2)n1. The van der Waals surface area contributed by atoms with Gasteiger partial charge in [-0.15, -0.1) is 0 Å². The van der Waals surface area contributed by atoms with Crippen LogP contribution in [0.2, 0.25) is 0 Å². The third-order valence-electron chi connectivity index (χ3n) is 4.03. The summed E-state index contributed by atoms with van der Waals surface area (Å²) in [6.07, 6.45) is 0. The van der Waals surface area contributed by atoms with E-state index in [4.69, 9.17) is 0 Å². The number of aryl methyl sites for hydroxylation is 1. The van der Waals surface area contributed by atoms with Crippen molar-refractivity contribution in [3.05, 3.63) is 89.4 Å². The fourth-order valence-electron chi connectivity index (χ4n) is 2.66.